The standard InChI is InChI=1S/C17H17ClO5S/c1-3-22-16(19)12-6-10-15(11-7-12)23-17(24(2,20)21)13-4-8-14(18)9-5-13/h4-11,17H,3H2,1-2H3. The van der Waals surface area contributed by atoms with Crippen LogP contribution in [-0.4, -0.2) is 27.2 Å². The second-order valence-corrected chi connectivity index (χ2v) is 7.60. The molecule has 1 atom stereocenters. The Morgan fingerprint density at radius 1 is 1.08 bits per heavy atom. The van der Waals surface area contributed by atoms with Crippen LogP contribution in [0, 0.1) is 0 Å². The predicted octanol–water partition coefficient (Wildman–Crippen LogP) is 3.64. The smallest absolute Gasteiger partial charge is 0.338 e. The molecule has 0 aliphatic heterocycles. The maximum atomic E-state index is 12.0. The third-order valence-electron chi connectivity index (χ3n) is 3.14. The molecule has 0 saturated heterocycles. The average molecular weight is 369 g/mol. The quantitative estimate of drug-likeness (QED) is 0.728. The van der Waals surface area contributed by atoms with Gasteiger partial charge in [0.1, 0.15) is 5.75 Å². The molecule has 0 aliphatic rings. The number of hydrogen-bond acceptors (Lipinski definition) is 5. The molecule has 0 bridgehead atoms. The second-order valence-electron chi connectivity index (χ2n) is 5.08. The Kier molecular flexibility index (Phi) is 5.85. The zero-order valence-electron chi connectivity index (χ0n) is 13.2. The summed E-state index contributed by atoms with van der Waals surface area (Å²) in [6.07, 6.45) is 1.10. The van der Waals surface area contributed by atoms with Gasteiger partial charge in [0.05, 0.1) is 12.2 Å². The SMILES string of the molecule is CCOC(=O)c1ccc(OC(c2ccc(Cl)cc2)S(C)(=O)=O)cc1. The summed E-state index contributed by atoms with van der Waals surface area (Å²) in [6, 6.07) is 12.5. The lowest BCUT2D eigenvalue weighted by molar-refractivity contribution is 0.0526. The van der Waals surface area contributed by atoms with Crippen LogP contribution in [-0.2, 0) is 14.6 Å². The molecule has 0 heterocycles. The molecule has 0 N–H and O–H groups in total. The summed E-state index contributed by atoms with van der Waals surface area (Å²) in [5.74, 6) is -0.116. The van der Waals surface area contributed by atoms with E-state index in [0.717, 1.165) is 6.26 Å². The summed E-state index contributed by atoms with van der Waals surface area (Å²) < 4.78 is 34.6. The van der Waals surface area contributed by atoms with E-state index in [4.69, 9.17) is 21.1 Å². The van der Waals surface area contributed by atoms with Crippen LogP contribution in [0.15, 0.2) is 48.5 Å². The Balaban J connectivity index is 2.24. The van der Waals surface area contributed by atoms with Gasteiger partial charge in [-0.2, -0.15) is 0 Å². The second kappa shape index (κ2) is 7.68. The fraction of sp³-hybridized carbons (Fsp3) is 0.235. The molecule has 0 aromatic heterocycles. The molecule has 0 fully saturated rings. The highest BCUT2D eigenvalue weighted by Crippen LogP contribution is 2.27. The molecular formula is C17H17ClO5S. The summed E-state index contributed by atoms with van der Waals surface area (Å²) in [5, 5.41) is 0.504. The van der Waals surface area contributed by atoms with Crippen molar-refractivity contribution in [3.8, 4) is 5.75 Å². The van der Waals surface area contributed by atoms with E-state index in [9.17, 15) is 13.2 Å². The summed E-state index contributed by atoms with van der Waals surface area (Å²) in [5.41, 5.74) is -0.328. The number of halogens is 1. The number of benzene rings is 2. The van der Waals surface area contributed by atoms with Crippen molar-refractivity contribution >= 4 is 27.4 Å². The van der Waals surface area contributed by atoms with Gasteiger partial charge in [0, 0.05) is 16.8 Å². The van der Waals surface area contributed by atoms with Gasteiger partial charge in [-0.1, -0.05) is 23.7 Å². The largest absolute Gasteiger partial charge is 0.470 e. The van der Waals surface area contributed by atoms with Crippen LogP contribution in [0.1, 0.15) is 28.3 Å². The summed E-state index contributed by atoms with van der Waals surface area (Å²) in [6.45, 7) is 2.00. The molecule has 1 unspecified atom stereocenters. The maximum absolute atomic E-state index is 12.0. The van der Waals surface area contributed by atoms with Gasteiger partial charge >= 0.3 is 5.97 Å². The molecular weight excluding hydrogens is 352 g/mol. The summed E-state index contributed by atoms with van der Waals surface area (Å²) in [4.78, 5) is 11.6. The number of carbonyl (C=O) groups excluding carboxylic acids is 1. The number of carbonyl (C=O) groups is 1. The van der Waals surface area contributed by atoms with E-state index in [1.165, 1.54) is 24.3 Å². The molecule has 24 heavy (non-hydrogen) atoms. The van der Waals surface area contributed by atoms with Crippen LogP contribution in [0.4, 0.5) is 0 Å². The first kappa shape index (κ1) is 18.3. The molecule has 2 rings (SSSR count). The fourth-order valence-electron chi connectivity index (χ4n) is 2.03. The van der Waals surface area contributed by atoms with Gasteiger partial charge in [-0.05, 0) is 43.3 Å². The molecule has 0 amide bonds. The van der Waals surface area contributed by atoms with Crippen molar-refractivity contribution in [3.05, 3.63) is 64.7 Å². The van der Waals surface area contributed by atoms with Gasteiger partial charge in [0.2, 0.25) is 5.44 Å². The highest BCUT2D eigenvalue weighted by Gasteiger charge is 2.25. The van der Waals surface area contributed by atoms with Gasteiger partial charge < -0.3 is 9.47 Å². The minimum atomic E-state index is -3.52. The summed E-state index contributed by atoms with van der Waals surface area (Å²) >= 11 is 5.83. The van der Waals surface area contributed by atoms with E-state index in [0.29, 0.717) is 21.9 Å². The van der Waals surface area contributed by atoms with Crippen LogP contribution in [0.25, 0.3) is 0 Å². The number of rotatable bonds is 6. The Morgan fingerprint density at radius 3 is 2.17 bits per heavy atom. The number of hydrogen-bond donors (Lipinski definition) is 0. The van der Waals surface area contributed by atoms with E-state index in [1.807, 2.05) is 0 Å². The van der Waals surface area contributed by atoms with Crippen LogP contribution in [0.5, 0.6) is 5.75 Å². The molecule has 7 heteroatoms. The van der Waals surface area contributed by atoms with Gasteiger partial charge in [-0.3, -0.25) is 0 Å². The van der Waals surface area contributed by atoms with Crippen molar-refractivity contribution in [1.82, 2.24) is 0 Å². The number of sulfone groups is 1. The van der Waals surface area contributed by atoms with Crippen LogP contribution in [0.3, 0.4) is 0 Å². The molecule has 0 aliphatic carbocycles. The normalized spacial score (nSPS) is 12.5. The molecule has 2 aromatic rings. The number of ether oxygens (including phenoxy) is 2. The lowest BCUT2D eigenvalue weighted by atomic mass is 10.2. The van der Waals surface area contributed by atoms with Crippen molar-refractivity contribution in [1.29, 1.82) is 0 Å². The monoisotopic (exact) mass is 368 g/mol. The Bertz CT molecular complexity index is 798. The minimum Gasteiger partial charge on any atom is -0.470 e. The van der Waals surface area contributed by atoms with Gasteiger partial charge in [0.25, 0.3) is 0 Å². The topological polar surface area (TPSA) is 69.7 Å². The maximum Gasteiger partial charge on any atom is 0.338 e. The highest BCUT2D eigenvalue weighted by molar-refractivity contribution is 7.90. The van der Waals surface area contributed by atoms with Crippen molar-refractivity contribution < 1.29 is 22.7 Å². The lowest BCUT2D eigenvalue weighted by Gasteiger charge is -2.18. The van der Waals surface area contributed by atoms with E-state index in [-0.39, 0.29) is 6.61 Å². The lowest BCUT2D eigenvalue weighted by Crippen LogP contribution is -2.18. The van der Waals surface area contributed by atoms with E-state index in [2.05, 4.69) is 0 Å². The minimum absolute atomic E-state index is 0.282. The van der Waals surface area contributed by atoms with Crippen LogP contribution < -0.4 is 4.74 Å². The first-order chi connectivity index (χ1) is 11.3. The van der Waals surface area contributed by atoms with E-state index >= 15 is 0 Å². The van der Waals surface area contributed by atoms with Crippen LogP contribution in [0.2, 0.25) is 5.02 Å². The Labute approximate surface area is 146 Å². The molecule has 128 valence electrons. The third-order valence-corrected chi connectivity index (χ3v) is 4.54. The van der Waals surface area contributed by atoms with E-state index < -0.39 is 21.2 Å². The van der Waals surface area contributed by atoms with Gasteiger partial charge in [-0.25, -0.2) is 13.2 Å². The molecule has 0 saturated carbocycles. The van der Waals surface area contributed by atoms with Gasteiger partial charge in [0.15, 0.2) is 9.84 Å². The van der Waals surface area contributed by atoms with Crippen molar-refractivity contribution in [2.75, 3.05) is 12.9 Å². The van der Waals surface area contributed by atoms with Crippen LogP contribution >= 0.6 is 11.6 Å². The predicted molar refractivity (Wildman–Crippen MR) is 92.1 cm³/mol. The molecule has 0 spiro atoms. The summed E-state index contributed by atoms with van der Waals surface area (Å²) in [7, 11) is -3.52. The zero-order valence-corrected chi connectivity index (χ0v) is 14.8. The van der Waals surface area contributed by atoms with Crippen molar-refractivity contribution in [2.24, 2.45) is 0 Å². The third kappa shape index (κ3) is 4.72. The van der Waals surface area contributed by atoms with Crippen molar-refractivity contribution in [3.63, 3.8) is 0 Å². The van der Waals surface area contributed by atoms with Gasteiger partial charge in [-0.15, -0.1) is 0 Å². The average Bonchev–Trinajstić information content (AvgIpc) is 2.53. The van der Waals surface area contributed by atoms with Crippen molar-refractivity contribution in [2.45, 2.75) is 12.4 Å². The Morgan fingerprint density at radius 2 is 1.67 bits per heavy atom. The fourth-order valence-corrected chi connectivity index (χ4v) is 3.09. The first-order valence-corrected chi connectivity index (χ1v) is 9.52. The molecule has 0 radical (unpaired) electrons. The van der Waals surface area contributed by atoms with E-state index in [1.54, 1.807) is 31.2 Å². The number of esters is 1. The molecule has 2 aromatic carbocycles. The zero-order chi connectivity index (χ0) is 17.7. The first-order valence-electron chi connectivity index (χ1n) is 7.19. The molecule has 5 nitrogen and oxygen atoms in total. The Hall–Kier alpha value is -2.05. The highest BCUT2D eigenvalue weighted by atomic mass is 35.5.